The molecule has 0 aliphatic carbocycles. The Hall–Kier alpha value is -0.900. The number of hydrogen-bond donors (Lipinski definition) is 2. The Bertz CT molecular complexity index is 364. The summed E-state index contributed by atoms with van der Waals surface area (Å²) in [5.74, 6) is 0.724. The van der Waals surface area contributed by atoms with Crippen molar-refractivity contribution in [2.45, 2.75) is 18.9 Å². The fourth-order valence-corrected chi connectivity index (χ4v) is 2.84. The number of benzene rings is 1. The molecule has 3 nitrogen and oxygen atoms in total. The van der Waals surface area contributed by atoms with E-state index in [1.54, 1.807) is 0 Å². The van der Waals surface area contributed by atoms with Gasteiger partial charge in [-0.3, -0.25) is 4.90 Å². The Kier molecular flexibility index (Phi) is 4.38. The average Bonchev–Trinajstić information content (AvgIpc) is 2.77. The second-order valence-corrected chi connectivity index (χ2v) is 5.59. The Balaban J connectivity index is 1.93. The average molecular weight is 248 g/mol. The minimum absolute atomic E-state index is 0.719. The van der Waals surface area contributed by atoms with Crippen LogP contribution in [0.25, 0.3) is 0 Å². The Morgan fingerprint density at radius 1 is 1.39 bits per heavy atom. The number of β-amino-alcohol motifs (C(OH)–C–C–N with tert-alkyl or cyclic N) is 1. The van der Waals surface area contributed by atoms with Gasteiger partial charge in [-0.1, -0.05) is 30.3 Å². The standard InChI is InChI=1S/C15H24N2O/c1-15(18,14-6-4-3-5-7-14)12-17-9-8-13(11-17)10-16-2/h3-7,13,16,18H,8-12H2,1-2H3. The van der Waals surface area contributed by atoms with Gasteiger partial charge in [-0.2, -0.15) is 0 Å². The van der Waals surface area contributed by atoms with Crippen molar-refractivity contribution >= 4 is 0 Å². The lowest BCUT2D eigenvalue weighted by molar-refractivity contribution is 0.0217. The van der Waals surface area contributed by atoms with Crippen LogP contribution in [0.5, 0.6) is 0 Å². The zero-order valence-corrected chi connectivity index (χ0v) is 11.4. The van der Waals surface area contributed by atoms with E-state index in [0.717, 1.165) is 37.7 Å². The van der Waals surface area contributed by atoms with Gasteiger partial charge in [-0.05, 0) is 45.0 Å². The summed E-state index contributed by atoms with van der Waals surface area (Å²) in [7, 11) is 2.00. The van der Waals surface area contributed by atoms with Crippen molar-refractivity contribution < 1.29 is 5.11 Å². The van der Waals surface area contributed by atoms with Crippen LogP contribution in [0.3, 0.4) is 0 Å². The lowest BCUT2D eigenvalue weighted by Gasteiger charge is -2.29. The lowest BCUT2D eigenvalue weighted by atomic mass is 9.95. The summed E-state index contributed by atoms with van der Waals surface area (Å²) in [6.07, 6.45) is 1.23. The summed E-state index contributed by atoms with van der Waals surface area (Å²) >= 11 is 0. The van der Waals surface area contributed by atoms with Crippen LogP contribution in [0.1, 0.15) is 18.9 Å². The topological polar surface area (TPSA) is 35.5 Å². The molecule has 0 amide bonds. The highest BCUT2D eigenvalue weighted by Crippen LogP contribution is 2.25. The molecule has 2 unspecified atom stereocenters. The predicted octanol–water partition coefficient (Wildman–Crippen LogP) is 1.44. The van der Waals surface area contributed by atoms with Gasteiger partial charge >= 0.3 is 0 Å². The van der Waals surface area contributed by atoms with Gasteiger partial charge in [0.15, 0.2) is 0 Å². The van der Waals surface area contributed by atoms with E-state index >= 15 is 0 Å². The van der Waals surface area contributed by atoms with Crippen LogP contribution < -0.4 is 5.32 Å². The van der Waals surface area contributed by atoms with E-state index in [4.69, 9.17) is 0 Å². The SMILES string of the molecule is CNCC1CCN(CC(C)(O)c2ccccc2)C1. The van der Waals surface area contributed by atoms with Crippen LogP contribution in [0.2, 0.25) is 0 Å². The molecular formula is C15H24N2O. The highest BCUT2D eigenvalue weighted by molar-refractivity contribution is 5.21. The van der Waals surface area contributed by atoms with Crippen molar-refractivity contribution in [3.63, 3.8) is 0 Å². The lowest BCUT2D eigenvalue weighted by Crippen LogP contribution is -2.38. The molecule has 100 valence electrons. The van der Waals surface area contributed by atoms with Crippen molar-refractivity contribution in [1.82, 2.24) is 10.2 Å². The first-order valence-corrected chi connectivity index (χ1v) is 6.76. The number of nitrogens with zero attached hydrogens (tertiary/aromatic N) is 1. The highest BCUT2D eigenvalue weighted by atomic mass is 16.3. The second-order valence-electron chi connectivity index (χ2n) is 5.59. The molecule has 1 aromatic rings. The second kappa shape index (κ2) is 5.83. The van der Waals surface area contributed by atoms with Crippen molar-refractivity contribution in [2.24, 2.45) is 5.92 Å². The summed E-state index contributed by atoms with van der Waals surface area (Å²) in [5, 5.41) is 13.8. The smallest absolute Gasteiger partial charge is 0.0994 e. The van der Waals surface area contributed by atoms with E-state index in [9.17, 15) is 5.11 Å². The number of rotatable bonds is 5. The molecule has 1 aliphatic heterocycles. The molecule has 1 aromatic carbocycles. The quantitative estimate of drug-likeness (QED) is 0.827. The molecule has 0 aromatic heterocycles. The van der Waals surface area contributed by atoms with Crippen molar-refractivity contribution in [2.75, 3.05) is 33.2 Å². The maximum Gasteiger partial charge on any atom is 0.0994 e. The van der Waals surface area contributed by atoms with Crippen LogP contribution in [0, 0.1) is 5.92 Å². The Morgan fingerprint density at radius 3 is 2.78 bits per heavy atom. The summed E-state index contributed by atoms with van der Waals surface area (Å²) in [4.78, 5) is 2.37. The van der Waals surface area contributed by atoms with Gasteiger partial charge in [0.25, 0.3) is 0 Å². The minimum Gasteiger partial charge on any atom is -0.384 e. The molecule has 1 aliphatic rings. The van der Waals surface area contributed by atoms with Gasteiger partial charge < -0.3 is 10.4 Å². The van der Waals surface area contributed by atoms with Gasteiger partial charge in [-0.15, -0.1) is 0 Å². The predicted molar refractivity (Wildman–Crippen MR) is 74.5 cm³/mol. The zero-order chi connectivity index (χ0) is 13.0. The van der Waals surface area contributed by atoms with Gasteiger partial charge in [-0.25, -0.2) is 0 Å². The van der Waals surface area contributed by atoms with E-state index in [1.165, 1.54) is 6.42 Å². The Labute approximate surface area is 110 Å². The summed E-state index contributed by atoms with van der Waals surface area (Å²) < 4.78 is 0. The normalized spacial score (nSPS) is 24.1. The van der Waals surface area contributed by atoms with Crippen molar-refractivity contribution in [1.29, 1.82) is 0 Å². The third-order valence-electron chi connectivity index (χ3n) is 3.79. The first kappa shape index (κ1) is 13.5. The van der Waals surface area contributed by atoms with Crippen LogP contribution in [0.4, 0.5) is 0 Å². The van der Waals surface area contributed by atoms with E-state index in [2.05, 4.69) is 10.2 Å². The number of aliphatic hydroxyl groups is 1. The molecule has 2 rings (SSSR count). The van der Waals surface area contributed by atoms with Crippen LogP contribution in [-0.4, -0.2) is 43.2 Å². The third-order valence-corrected chi connectivity index (χ3v) is 3.79. The van der Waals surface area contributed by atoms with Crippen LogP contribution in [-0.2, 0) is 5.60 Å². The molecule has 3 heteroatoms. The molecule has 0 radical (unpaired) electrons. The number of nitrogens with one attached hydrogen (secondary N) is 1. The molecule has 18 heavy (non-hydrogen) atoms. The molecule has 0 spiro atoms. The molecule has 2 N–H and O–H groups in total. The fraction of sp³-hybridized carbons (Fsp3) is 0.600. The molecule has 1 heterocycles. The highest BCUT2D eigenvalue weighted by Gasteiger charge is 2.30. The summed E-state index contributed by atoms with van der Waals surface area (Å²) in [5.41, 5.74) is 0.248. The third kappa shape index (κ3) is 3.31. The number of likely N-dealkylation sites (tertiary alicyclic amines) is 1. The van der Waals surface area contributed by atoms with E-state index in [0.29, 0.717) is 0 Å². The number of hydrogen-bond acceptors (Lipinski definition) is 3. The summed E-state index contributed by atoms with van der Waals surface area (Å²) in [6, 6.07) is 9.95. The Morgan fingerprint density at radius 2 is 2.11 bits per heavy atom. The maximum absolute atomic E-state index is 10.6. The van der Waals surface area contributed by atoms with Gasteiger partial charge in [0, 0.05) is 13.1 Å². The van der Waals surface area contributed by atoms with Gasteiger partial charge in [0.1, 0.15) is 0 Å². The zero-order valence-electron chi connectivity index (χ0n) is 11.4. The van der Waals surface area contributed by atoms with E-state index in [-0.39, 0.29) is 0 Å². The monoisotopic (exact) mass is 248 g/mol. The van der Waals surface area contributed by atoms with Crippen LogP contribution in [0.15, 0.2) is 30.3 Å². The molecular weight excluding hydrogens is 224 g/mol. The summed E-state index contributed by atoms with van der Waals surface area (Å²) in [6.45, 7) is 5.88. The largest absolute Gasteiger partial charge is 0.384 e. The molecule has 1 fully saturated rings. The molecule has 0 saturated carbocycles. The maximum atomic E-state index is 10.6. The molecule has 2 atom stereocenters. The van der Waals surface area contributed by atoms with E-state index < -0.39 is 5.60 Å². The first-order chi connectivity index (χ1) is 8.62. The van der Waals surface area contributed by atoms with E-state index in [1.807, 2.05) is 44.3 Å². The van der Waals surface area contributed by atoms with Crippen LogP contribution >= 0.6 is 0 Å². The fourth-order valence-electron chi connectivity index (χ4n) is 2.84. The molecule has 1 saturated heterocycles. The van der Waals surface area contributed by atoms with Gasteiger partial charge in [0.05, 0.1) is 5.60 Å². The first-order valence-electron chi connectivity index (χ1n) is 6.76. The molecule has 0 bridgehead atoms. The van der Waals surface area contributed by atoms with Crippen molar-refractivity contribution in [3.05, 3.63) is 35.9 Å². The van der Waals surface area contributed by atoms with Crippen molar-refractivity contribution in [3.8, 4) is 0 Å². The minimum atomic E-state index is -0.754. The van der Waals surface area contributed by atoms with Gasteiger partial charge in [0.2, 0.25) is 0 Å².